The molecule has 0 amide bonds. The number of carboxylic acid groups (broad SMARTS) is 1. The first kappa shape index (κ1) is 44.7. The van der Waals surface area contributed by atoms with E-state index in [2.05, 4.69) is 46.0 Å². The van der Waals surface area contributed by atoms with Crippen molar-refractivity contribution in [3.63, 3.8) is 0 Å². The molecule has 0 aromatic heterocycles. The van der Waals surface area contributed by atoms with Gasteiger partial charge in [0.25, 0.3) is 0 Å². The van der Waals surface area contributed by atoms with Crippen molar-refractivity contribution in [2.24, 2.45) is 41.4 Å². The van der Waals surface area contributed by atoms with Gasteiger partial charge in [0.1, 0.15) is 5.78 Å². The minimum absolute atomic E-state index is 0.0262. The van der Waals surface area contributed by atoms with E-state index in [0.29, 0.717) is 44.9 Å². The maximum absolute atomic E-state index is 14.5. The van der Waals surface area contributed by atoms with Crippen molar-refractivity contribution in [1.82, 2.24) is 5.32 Å². The molecule has 4 fully saturated rings. The molecule has 0 aromatic rings. The highest BCUT2D eigenvalue weighted by Crippen LogP contribution is 2.54. The summed E-state index contributed by atoms with van der Waals surface area (Å²) in [5, 5.41) is 36.3. The summed E-state index contributed by atoms with van der Waals surface area (Å²) in [6.07, 6.45) is 8.07. The third kappa shape index (κ3) is 8.52. The predicted molar refractivity (Wildman–Crippen MR) is 210 cm³/mol. The number of carbonyl (C=O) groups is 2. The summed E-state index contributed by atoms with van der Waals surface area (Å²) in [5.41, 5.74) is -1.48. The molecule has 18 atom stereocenters. The van der Waals surface area contributed by atoms with Gasteiger partial charge in [-0.1, -0.05) is 68.4 Å². The zero-order valence-corrected chi connectivity index (χ0v) is 35.7. The van der Waals surface area contributed by atoms with Gasteiger partial charge in [-0.15, -0.1) is 0 Å². The number of likely N-dealkylation sites (N-methyl/N-ethyl adjacent to an activating group) is 1. The molecular formula is C44H75NO10. The summed E-state index contributed by atoms with van der Waals surface area (Å²) in [5.74, 6) is -5.02. The number of ketones is 1. The van der Waals surface area contributed by atoms with Crippen LogP contribution in [0.5, 0.6) is 0 Å². The van der Waals surface area contributed by atoms with Crippen LogP contribution in [0.1, 0.15) is 140 Å². The smallest absolute Gasteiger partial charge is 0.309 e. The summed E-state index contributed by atoms with van der Waals surface area (Å²) in [4.78, 5) is 26.5. The standard InChI is InChI=1S/C44H75NO10/c1-12-31(40(48)49)33-17-16-25(5)38(52-33)29(9)36(46)28(8)37(47)32(13-2)39-26(6)24-27(7)43(53-39)21-18-34(45-15-4)44(55-43)23-22-41(11,54-44)35-19-20-42(50,14-3)30(10)51-35/h18,21,25-36,38-39,45-46,50H,12-17,19-20,22-24H2,1-11H3,(H,48,49)/t25-,26-,27+,28-,29-,30-,31+,32-,33+,34-,35+,36+,38+,39-,41-,42+,43-,44-/m0/s1. The molecule has 0 aromatic carbocycles. The maximum atomic E-state index is 14.5. The Bertz CT molecular complexity index is 1360. The lowest BCUT2D eigenvalue weighted by atomic mass is 9.72. The fourth-order valence-corrected chi connectivity index (χ4v) is 11.0. The molecule has 0 unspecified atom stereocenters. The summed E-state index contributed by atoms with van der Waals surface area (Å²) in [7, 11) is 0. The van der Waals surface area contributed by atoms with E-state index < -0.39 is 64.8 Å². The fraction of sp³-hybridized carbons (Fsp3) is 0.909. The van der Waals surface area contributed by atoms with Crippen molar-refractivity contribution in [3.8, 4) is 0 Å². The van der Waals surface area contributed by atoms with Gasteiger partial charge in [-0.2, -0.15) is 0 Å². The third-order valence-corrected chi connectivity index (χ3v) is 14.9. The van der Waals surface area contributed by atoms with Crippen molar-refractivity contribution in [2.45, 2.75) is 206 Å². The number of rotatable bonds is 14. The number of ether oxygens (including phenoxy) is 5. The molecule has 0 radical (unpaired) electrons. The van der Waals surface area contributed by atoms with E-state index in [-0.39, 0.29) is 53.8 Å². The van der Waals surface area contributed by atoms with Gasteiger partial charge < -0.3 is 44.3 Å². The highest BCUT2D eigenvalue weighted by atomic mass is 16.8. The second kappa shape index (κ2) is 17.4. The Kier molecular flexibility index (Phi) is 14.1. The molecule has 316 valence electrons. The second-order valence-corrected chi connectivity index (χ2v) is 18.5. The monoisotopic (exact) mass is 778 g/mol. The van der Waals surface area contributed by atoms with Crippen molar-refractivity contribution < 1.29 is 48.6 Å². The SMILES string of the molecule is CCN[C@H]1C=C[C@]2(O[C@H]([C@@H](CC)C(=O)[C@@H](C)[C@@H](O)[C@H](C)[C@@H]3O[C@@H]([C@@H](CC)C(=O)O)CC[C@@H]3C)[C@@H](C)C[C@H]2C)O[C@@]12CC[C@@](C)([C@H]1CC[C@](O)(CC)[C@H](C)O1)O2. The van der Waals surface area contributed by atoms with Crippen LogP contribution in [-0.2, 0) is 33.3 Å². The van der Waals surface area contributed by atoms with Gasteiger partial charge in [0.15, 0.2) is 11.6 Å². The maximum Gasteiger partial charge on any atom is 0.309 e. The minimum atomic E-state index is -1.12. The average Bonchev–Trinajstić information content (AvgIpc) is 3.49. The van der Waals surface area contributed by atoms with Crippen molar-refractivity contribution >= 4 is 11.8 Å². The van der Waals surface area contributed by atoms with Gasteiger partial charge in [0.05, 0.1) is 59.8 Å². The first-order valence-corrected chi connectivity index (χ1v) is 21.8. The Morgan fingerprint density at radius 2 is 1.58 bits per heavy atom. The predicted octanol–water partition coefficient (Wildman–Crippen LogP) is 6.81. The molecule has 11 heteroatoms. The number of carbonyl (C=O) groups excluding carboxylic acids is 1. The molecular weight excluding hydrogens is 702 g/mol. The molecule has 5 rings (SSSR count). The van der Waals surface area contributed by atoms with E-state index in [1.165, 1.54) is 0 Å². The van der Waals surface area contributed by atoms with Crippen LogP contribution in [0.15, 0.2) is 12.2 Å². The van der Waals surface area contributed by atoms with Gasteiger partial charge in [0.2, 0.25) is 0 Å². The van der Waals surface area contributed by atoms with Gasteiger partial charge in [0, 0.05) is 30.1 Å². The summed E-state index contributed by atoms with van der Waals surface area (Å²) in [6.45, 7) is 22.8. The van der Waals surface area contributed by atoms with E-state index in [9.17, 15) is 24.9 Å². The van der Waals surface area contributed by atoms with Crippen LogP contribution in [0.25, 0.3) is 0 Å². The van der Waals surface area contributed by atoms with Gasteiger partial charge in [-0.25, -0.2) is 0 Å². The number of carboxylic acids is 1. The van der Waals surface area contributed by atoms with Crippen LogP contribution >= 0.6 is 0 Å². The lowest BCUT2D eigenvalue weighted by Crippen LogP contribution is -2.65. The van der Waals surface area contributed by atoms with Crippen molar-refractivity contribution in [2.75, 3.05) is 6.54 Å². The Hall–Kier alpha value is -1.44. The molecule has 0 saturated carbocycles. The van der Waals surface area contributed by atoms with Crippen molar-refractivity contribution in [3.05, 3.63) is 12.2 Å². The molecule has 11 nitrogen and oxygen atoms in total. The van der Waals surface area contributed by atoms with Gasteiger partial charge >= 0.3 is 5.97 Å². The fourth-order valence-electron chi connectivity index (χ4n) is 11.0. The Morgan fingerprint density at radius 3 is 2.18 bits per heavy atom. The quantitative estimate of drug-likeness (QED) is 0.138. The largest absolute Gasteiger partial charge is 0.481 e. The van der Waals surface area contributed by atoms with Crippen LogP contribution in [0.3, 0.4) is 0 Å². The Balaban J connectivity index is 1.34. The molecule has 5 aliphatic heterocycles. The lowest BCUT2D eigenvalue weighted by molar-refractivity contribution is -0.398. The van der Waals surface area contributed by atoms with Crippen LogP contribution in [0.2, 0.25) is 0 Å². The highest BCUT2D eigenvalue weighted by molar-refractivity contribution is 5.84. The molecule has 0 aliphatic carbocycles. The zero-order valence-electron chi connectivity index (χ0n) is 35.7. The van der Waals surface area contributed by atoms with E-state index in [1.807, 2.05) is 47.6 Å². The number of nitrogens with one attached hydrogen (secondary N) is 1. The number of Topliss-reactive ketones (excluding diaryl/α,β-unsaturated/α-hetero) is 1. The molecule has 4 saturated heterocycles. The topological polar surface area (TPSA) is 153 Å². The first-order valence-electron chi connectivity index (χ1n) is 21.8. The van der Waals surface area contributed by atoms with E-state index in [1.54, 1.807) is 0 Å². The minimum Gasteiger partial charge on any atom is -0.481 e. The van der Waals surface area contributed by atoms with E-state index >= 15 is 0 Å². The summed E-state index contributed by atoms with van der Waals surface area (Å²) < 4.78 is 34.5. The third-order valence-electron chi connectivity index (χ3n) is 14.9. The second-order valence-electron chi connectivity index (χ2n) is 18.5. The number of hydrogen-bond acceptors (Lipinski definition) is 10. The highest BCUT2D eigenvalue weighted by Gasteiger charge is 2.63. The number of aliphatic hydroxyl groups excluding tert-OH is 1. The molecule has 4 N–H and O–H groups in total. The number of aliphatic carboxylic acids is 1. The van der Waals surface area contributed by atoms with E-state index in [4.69, 9.17) is 23.7 Å². The van der Waals surface area contributed by atoms with Crippen LogP contribution in [-0.4, -0.2) is 99.1 Å². The molecule has 0 bridgehead atoms. The molecule has 5 heterocycles. The van der Waals surface area contributed by atoms with Gasteiger partial charge in [-0.05, 0) is 96.1 Å². The van der Waals surface area contributed by atoms with E-state index in [0.717, 1.165) is 25.8 Å². The molecule has 2 spiro atoms. The normalized spacial score (nSPS) is 44.9. The van der Waals surface area contributed by atoms with Crippen molar-refractivity contribution in [1.29, 1.82) is 0 Å². The van der Waals surface area contributed by atoms with Crippen LogP contribution < -0.4 is 5.32 Å². The summed E-state index contributed by atoms with van der Waals surface area (Å²) in [6, 6.07) is -0.223. The Morgan fingerprint density at radius 1 is 0.891 bits per heavy atom. The lowest BCUT2D eigenvalue weighted by Gasteiger charge is -2.55. The van der Waals surface area contributed by atoms with Crippen LogP contribution in [0, 0.1) is 41.4 Å². The molecule has 5 aliphatic rings. The zero-order chi connectivity index (χ0) is 40.7. The van der Waals surface area contributed by atoms with Gasteiger partial charge in [-0.3, -0.25) is 9.59 Å². The number of hydrogen-bond donors (Lipinski definition) is 4. The summed E-state index contributed by atoms with van der Waals surface area (Å²) >= 11 is 0. The Labute approximate surface area is 331 Å². The average molecular weight is 778 g/mol. The first-order chi connectivity index (χ1) is 25.8. The molecule has 55 heavy (non-hydrogen) atoms. The number of aliphatic hydroxyl groups is 2. The van der Waals surface area contributed by atoms with Crippen LogP contribution in [0.4, 0.5) is 0 Å².